The molecule has 7 heteroatoms. The molecule has 0 aliphatic heterocycles. The topological polar surface area (TPSA) is 74.3 Å². The van der Waals surface area contributed by atoms with Gasteiger partial charge in [0, 0.05) is 28.2 Å². The third-order valence-electron chi connectivity index (χ3n) is 3.01. The second-order valence-corrected chi connectivity index (χ2v) is 9.59. The Hall–Kier alpha value is -0.630. The highest BCUT2D eigenvalue weighted by molar-refractivity contribution is 9.10. The minimum absolute atomic E-state index is 0.0564. The van der Waals surface area contributed by atoms with Crippen molar-refractivity contribution in [3.8, 4) is 0 Å². The first kappa shape index (κ1) is 20.4. The van der Waals surface area contributed by atoms with Crippen molar-refractivity contribution in [2.45, 2.75) is 64.4 Å². The Morgan fingerprint density at radius 3 is 2.48 bits per heavy atom. The van der Waals surface area contributed by atoms with Gasteiger partial charge < -0.3 is 9.29 Å². The second-order valence-electron chi connectivity index (χ2n) is 6.94. The average Bonchev–Trinajstić information content (AvgIpc) is 2.35. The third kappa shape index (κ3) is 6.79. The third-order valence-corrected chi connectivity index (χ3v) is 4.96. The van der Waals surface area contributed by atoms with Crippen LogP contribution in [0, 0.1) is 0 Å². The quantitative estimate of drug-likeness (QED) is 0.580. The largest absolute Gasteiger partial charge is 0.598 e. The summed E-state index contributed by atoms with van der Waals surface area (Å²) in [4.78, 5) is 16.4. The normalized spacial score (nSPS) is 16.0. The van der Waals surface area contributed by atoms with Crippen LogP contribution in [0.3, 0.4) is 0 Å². The lowest BCUT2D eigenvalue weighted by Crippen LogP contribution is -2.48. The number of pyridine rings is 1. The fraction of sp³-hybridized carbons (Fsp3) is 0.625. The lowest BCUT2D eigenvalue weighted by Gasteiger charge is -2.32. The monoisotopic (exact) mass is 404 g/mol. The number of ether oxygens (including phenoxy) is 1. The Bertz CT molecular complexity index is 548. The highest BCUT2D eigenvalue weighted by atomic mass is 79.9. The molecule has 0 aliphatic carbocycles. The van der Waals surface area contributed by atoms with E-state index in [2.05, 4.69) is 25.6 Å². The van der Waals surface area contributed by atoms with Crippen molar-refractivity contribution < 1.29 is 14.1 Å². The highest BCUT2D eigenvalue weighted by Crippen LogP contribution is 2.29. The molecule has 0 saturated carbocycles. The molecule has 2 atom stereocenters. The van der Waals surface area contributed by atoms with E-state index in [0.717, 1.165) is 10.0 Å². The lowest BCUT2D eigenvalue weighted by atomic mass is 9.91. The number of rotatable bonds is 6. The van der Waals surface area contributed by atoms with Crippen molar-refractivity contribution in [2.75, 3.05) is 0 Å². The van der Waals surface area contributed by atoms with Gasteiger partial charge in [-0.3, -0.25) is 9.78 Å². The highest BCUT2D eigenvalue weighted by Gasteiger charge is 2.37. The van der Waals surface area contributed by atoms with Gasteiger partial charge in [0.1, 0.15) is 10.9 Å². The molecule has 23 heavy (non-hydrogen) atoms. The van der Waals surface area contributed by atoms with E-state index in [1.165, 1.54) is 0 Å². The van der Waals surface area contributed by atoms with Gasteiger partial charge in [0.15, 0.2) is 0 Å². The van der Waals surface area contributed by atoms with Gasteiger partial charge in [-0.15, -0.1) is 4.72 Å². The van der Waals surface area contributed by atoms with Crippen LogP contribution in [-0.2, 0) is 26.4 Å². The molecular weight excluding hydrogens is 380 g/mol. The van der Waals surface area contributed by atoms with Crippen molar-refractivity contribution in [3.05, 3.63) is 28.5 Å². The van der Waals surface area contributed by atoms with E-state index in [-0.39, 0.29) is 17.6 Å². The van der Waals surface area contributed by atoms with E-state index in [1.807, 2.05) is 47.6 Å². The molecule has 0 aliphatic rings. The van der Waals surface area contributed by atoms with Crippen molar-refractivity contribution >= 4 is 33.3 Å². The Balaban J connectivity index is 3.08. The van der Waals surface area contributed by atoms with Gasteiger partial charge in [0.25, 0.3) is 0 Å². The fourth-order valence-corrected chi connectivity index (χ4v) is 3.15. The molecule has 1 rings (SSSR count). The summed E-state index contributed by atoms with van der Waals surface area (Å²) in [6.07, 6.45) is 3.39. The van der Waals surface area contributed by atoms with Crippen LogP contribution >= 0.6 is 15.9 Å². The summed E-state index contributed by atoms with van der Waals surface area (Å²) in [5.41, 5.74) is -0.634. The number of halogens is 1. The van der Waals surface area contributed by atoms with Crippen LogP contribution in [0.25, 0.3) is 0 Å². The van der Waals surface area contributed by atoms with E-state index in [9.17, 15) is 9.35 Å². The number of hydrogen-bond acceptors (Lipinski definition) is 5. The predicted molar refractivity (Wildman–Crippen MR) is 96.2 cm³/mol. The van der Waals surface area contributed by atoms with Crippen LogP contribution in [0.15, 0.2) is 22.9 Å². The average molecular weight is 405 g/mol. The Kier molecular flexibility index (Phi) is 7.07. The van der Waals surface area contributed by atoms with E-state index in [4.69, 9.17) is 4.74 Å². The Morgan fingerprint density at radius 2 is 2.00 bits per heavy atom. The summed E-state index contributed by atoms with van der Waals surface area (Å²) in [5, 5.41) is -0.0759. The van der Waals surface area contributed by atoms with E-state index >= 15 is 0 Å². The standard InChI is InChI=1S/C16H25BrN2O3S/c1-11(2)23(21)19-16(6,8-14(20)22-15(3,4)5)12-7-13(17)10-18-9-12/h7,9-11,19H,8H2,1-6H3/t16-,23?/m0/s1. The molecule has 0 spiro atoms. The molecule has 1 unspecified atom stereocenters. The molecule has 0 bridgehead atoms. The fourth-order valence-electron chi connectivity index (χ4n) is 1.92. The van der Waals surface area contributed by atoms with E-state index < -0.39 is 22.5 Å². The van der Waals surface area contributed by atoms with Crippen LogP contribution in [0.1, 0.15) is 53.5 Å². The van der Waals surface area contributed by atoms with Crippen LogP contribution in [0.5, 0.6) is 0 Å². The molecular formula is C16H25BrN2O3S. The number of hydrogen-bond donors (Lipinski definition) is 1. The molecule has 0 fully saturated rings. The molecule has 1 heterocycles. The molecule has 1 N–H and O–H groups in total. The zero-order valence-electron chi connectivity index (χ0n) is 14.5. The van der Waals surface area contributed by atoms with Gasteiger partial charge in [-0.1, -0.05) is 0 Å². The zero-order chi connectivity index (χ0) is 17.8. The Labute approximate surface area is 150 Å². The van der Waals surface area contributed by atoms with Crippen LogP contribution < -0.4 is 4.72 Å². The summed E-state index contributed by atoms with van der Waals surface area (Å²) < 4.78 is 21.6. The van der Waals surface area contributed by atoms with Crippen molar-refractivity contribution in [2.24, 2.45) is 0 Å². The van der Waals surface area contributed by atoms with Gasteiger partial charge in [0.05, 0.1) is 12.0 Å². The molecule has 1 aromatic heterocycles. The number of aromatic nitrogens is 1. The van der Waals surface area contributed by atoms with Crippen molar-refractivity contribution in [1.29, 1.82) is 0 Å². The van der Waals surface area contributed by atoms with Crippen molar-refractivity contribution in [1.82, 2.24) is 9.71 Å². The van der Waals surface area contributed by atoms with Crippen molar-refractivity contribution in [3.63, 3.8) is 0 Å². The van der Waals surface area contributed by atoms with Gasteiger partial charge in [-0.25, -0.2) is 0 Å². The maximum absolute atomic E-state index is 12.3. The summed E-state index contributed by atoms with van der Waals surface area (Å²) in [7, 11) is 0. The first-order chi connectivity index (χ1) is 10.4. The number of esters is 1. The zero-order valence-corrected chi connectivity index (χ0v) is 16.9. The SMILES string of the molecule is CC(C)[S+]([O-])N[C@@](C)(CC(=O)OC(C)(C)C)c1cncc(Br)c1. The molecule has 0 radical (unpaired) electrons. The molecule has 0 amide bonds. The van der Waals surface area contributed by atoms with Gasteiger partial charge >= 0.3 is 5.97 Å². The van der Waals surface area contributed by atoms with Crippen LogP contribution in [0.2, 0.25) is 0 Å². The van der Waals surface area contributed by atoms with E-state index in [1.54, 1.807) is 12.4 Å². The van der Waals surface area contributed by atoms with Gasteiger partial charge in [-0.05, 0) is 69.1 Å². The van der Waals surface area contributed by atoms with Gasteiger partial charge in [-0.2, -0.15) is 0 Å². The molecule has 130 valence electrons. The molecule has 1 aromatic rings. The minimum atomic E-state index is -1.29. The molecule has 0 aromatic carbocycles. The number of carbonyl (C=O) groups is 1. The molecule has 5 nitrogen and oxygen atoms in total. The number of carbonyl (C=O) groups excluding carboxylic acids is 1. The maximum atomic E-state index is 12.3. The Morgan fingerprint density at radius 1 is 1.39 bits per heavy atom. The smallest absolute Gasteiger partial charge is 0.308 e. The van der Waals surface area contributed by atoms with Crippen LogP contribution in [0.4, 0.5) is 0 Å². The maximum Gasteiger partial charge on any atom is 0.308 e. The predicted octanol–water partition coefficient (Wildman–Crippen LogP) is 3.45. The van der Waals surface area contributed by atoms with E-state index in [0.29, 0.717) is 0 Å². The summed E-state index contributed by atoms with van der Waals surface area (Å²) in [5.74, 6) is -0.353. The number of nitrogens with zero attached hydrogens (tertiary/aromatic N) is 1. The second kappa shape index (κ2) is 7.96. The summed E-state index contributed by atoms with van der Waals surface area (Å²) in [6.45, 7) is 11.0. The minimum Gasteiger partial charge on any atom is -0.598 e. The first-order valence-corrected chi connectivity index (χ1v) is 9.45. The lowest BCUT2D eigenvalue weighted by molar-refractivity contribution is -0.156. The van der Waals surface area contributed by atoms with Gasteiger partial charge in [0.2, 0.25) is 0 Å². The molecule has 0 saturated heterocycles. The van der Waals surface area contributed by atoms with Crippen LogP contribution in [-0.4, -0.2) is 26.4 Å². The summed E-state index contributed by atoms with van der Waals surface area (Å²) >= 11 is 2.09. The first-order valence-electron chi connectivity index (χ1n) is 7.44. The summed E-state index contributed by atoms with van der Waals surface area (Å²) in [6, 6.07) is 1.86. The number of nitrogens with one attached hydrogen (secondary N) is 1.